The highest BCUT2D eigenvalue weighted by molar-refractivity contribution is 7.25. The van der Waals surface area contributed by atoms with Crippen LogP contribution in [0.3, 0.4) is 0 Å². The maximum atomic E-state index is 2.45. The van der Waals surface area contributed by atoms with Crippen molar-refractivity contribution < 1.29 is 0 Å². The van der Waals surface area contributed by atoms with E-state index >= 15 is 0 Å². The van der Waals surface area contributed by atoms with Crippen LogP contribution in [-0.2, 0) is 0 Å². The second-order valence-electron chi connectivity index (χ2n) is 13.6. The van der Waals surface area contributed by atoms with E-state index in [-0.39, 0.29) is 0 Å². The monoisotopic (exact) mass is 677 g/mol. The summed E-state index contributed by atoms with van der Waals surface area (Å²) in [6, 6.07) is 69.1. The number of hydrogen-bond donors (Lipinski definition) is 0. The van der Waals surface area contributed by atoms with Crippen molar-refractivity contribution in [1.82, 2.24) is 4.57 Å². The fourth-order valence-corrected chi connectivity index (χ4v) is 9.80. The predicted octanol–water partition coefficient (Wildman–Crippen LogP) is 14.5. The maximum absolute atomic E-state index is 2.45. The molecule has 0 aliphatic heterocycles. The second kappa shape index (κ2) is 11.5. The molecule has 0 radical (unpaired) electrons. The molecule has 11 rings (SSSR count). The molecule has 0 N–H and O–H groups in total. The molecule has 11 aromatic rings. The van der Waals surface area contributed by atoms with Crippen molar-refractivity contribution in [3.05, 3.63) is 188 Å². The third-order valence-corrected chi connectivity index (χ3v) is 11.9. The lowest BCUT2D eigenvalue weighted by Gasteiger charge is -2.18. The summed E-state index contributed by atoms with van der Waals surface area (Å²) in [7, 11) is 0. The Kier molecular flexibility index (Phi) is 6.49. The van der Waals surface area contributed by atoms with Crippen LogP contribution in [0, 0.1) is 0 Å². The van der Waals surface area contributed by atoms with Gasteiger partial charge in [0.2, 0.25) is 0 Å². The number of benzene rings is 9. The minimum absolute atomic E-state index is 1.19. The number of hydrogen-bond acceptors (Lipinski definition) is 1. The van der Waals surface area contributed by atoms with Crippen LogP contribution in [0.1, 0.15) is 0 Å². The van der Waals surface area contributed by atoms with Crippen molar-refractivity contribution >= 4 is 74.9 Å². The van der Waals surface area contributed by atoms with Crippen LogP contribution < -0.4 is 0 Å². The number of thiophene rings is 1. The van der Waals surface area contributed by atoms with E-state index in [0.717, 1.165) is 0 Å². The molecule has 0 aliphatic carbocycles. The molecule has 2 heteroatoms. The Bertz CT molecular complexity index is 3120. The van der Waals surface area contributed by atoms with Gasteiger partial charge < -0.3 is 4.57 Å². The minimum Gasteiger partial charge on any atom is -0.301 e. The first-order valence-corrected chi connectivity index (χ1v) is 18.7. The molecule has 0 fully saturated rings. The van der Waals surface area contributed by atoms with Gasteiger partial charge in [-0.3, -0.25) is 0 Å². The molecule has 0 saturated heterocycles. The molecule has 0 bridgehead atoms. The summed E-state index contributed by atoms with van der Waals surface area (Å²) >= 11 is 1.88. The molecule has 0 spiro atoms. The summed E-state index contributed by atoms with van der Waals surface area (Å²) < 4.78 is 3.76. The van der Waals surface area contributed by atoms with Crippen LogP contribution in [0.5, 0.6) is 0 Å². The van der Waals surface area contributed by atoms with Crippen LogP contribution in [0.25, 0.3) is 103 Å². The molecular formula is C50H31NS. The second-order valence-corrected chi connectivity index (χ2v) is 14.7. The van der Waals surface area contributed by atoms with Crippen molar-refractivity contribution in [1.29, 1.82) is 0 Å². The van der Waals surface area contributed by atoms with Gasteiger partial charge in [0.1, 0.15) is 4.83 Å². The summed E-state index contributed by atoms with van der Waals surface area (Å²) in [5.74, 6) is 0. The summed E-state index contributed by atoms with van der Waals surface area (Å²) in [6.07, 6.45) is 0. The zero-order valence-corrected chi connectivity index (χ0v) is 29.1. The summed E-state index contributed by atoms with van der Waals surface area (Å²) in [5, 5.41) is 11.5. The molecule has 52 heavy (non-hydrogen) atoms. The SMILES string of the molecule is c1ccc(-n2c3ccc(-c4c5ccccc5c(-c5cccc(-c6cccc7ccccc67)c5)c5ccccc45)cc3c3c4ccccc4sc32)cc1. The highest BCUT2D eigenvalue weighted by Gasteiger charge is 2.21. The predicted molar refractivity (Wildman–Crippen MR) is 225 cm³/mol. The lowest BCUT2D eigenvalue weighted by Crippen LogP contribution is -1.93. The number of fused-ring (bicyclic) bond motifs is 8. The van der Waals surface area contributed by atoms with Gasteiger partial charge in [-0.05, 0) is 102 Å². The molecule has 2 heterocycles. The molecule has 0 amide bonds. The first-order valence-electron chi connectivity index (χ1n) is 17.9. The van der Waals surface area contributed by atoms with Gasteiger partial charge in [-0.1, -0.05) is 152 Å². The number of aromatic nitrogens is 1. The molecule has 0 aliphatic rings. The van der Waals surface area contributed by atoms with E-state index in [1.807, 2.05) is 11.3 Å². The van der Waals surface area contributed by atoms with Gasteiger partial charge >= 0.3 is 0 Å². The van der Waals surface area contributed by atoms with Gasteiger partial charge in [0.25, 0.3) is 0 Å². The summed E-state index contributed by atoms with van der Waals surface area (Å²) in [5.41, 5.74) is 9.93. The van der Waals surface area contributed by atoms with Gasteiger partial charge in [0, 0.05) is 26.5 Å². The van der Waals surface area contributed by atoms with E-state index in [0.29, 0.717) is 0 Å². The van der Waals surface area contributed by atoms with Gasteiger partial charge in [0.15, 0.2) is 0 Å². The van der Waals surface area contributed by atoms with Gasteiger partial charge in [0.05, 0.1) is 5.52 Å². The van der Waals surface area contributed by atoms with E-state index in [9.17, 15) is 0 Å². The zero-order chi connectivity index (χ0) is 34.2. The average Bonchev–Trinajstić information content (AvgIpc) is 3.74. The molecule has 0 saturated carbocycles. The topological polar surface area (TPSA) is 4.93 Å². The molecule has 0 unspecified atom stereocenters. The van der Waals surface area contributed by atoms with Gasteiger partial charge in [-0.2, -0.15) is 0 Å². The van der Waals surface area contributed by atoms with E-state index in [1.54, 1.807) is 0 Å². The highest BCUT2D eigenvalue weighted by atomic mass is 32.1. The molecule has 0 atom stereocenters. The normalized spacial score (nSPS) is 11.8. The summed E-state index contributed by atoms with van der Waals surface area (Å²) in [6.45, 7) is 0. The standard InChI is InChI=1S/C50H31NS/c1-2-18-36(19-3-1)51-45-29-28-35(31-44(45)49-43-25-10-11-27-46(43)52-50(49)51)48-41-23-8-6-21-39(41)47(40-22-7-9-24-42(40)48)34-17-12-16-33(30-34)38-26-13-15-32-14-4-5-20-37(32)38/h1-31H. The Morgan fingerprint density at radius 3 is 1.65 bits per heavy atom. The van der Waals surface area contributed by atoms with Crippen molar-refractivity contribution in [3.63, 3.8) is 0 Å². The van der Waals surface area contributed by atoms with Gasteiger partial charge in [-0.25, -0.2) is 0 Å². The van der Waals surface area contributed by atoms with Crippen LogP contribution in [0.15, 0.2) is 188 Å². The molecular weight excluding hydrogens is 647 g/mol. The fraction of sp³-hybridized carbons (Fsp3) is 0. The van der Waals surface area contributed by atoms with Crippen LogP contribution >= 0.6 is 11.3 Å². The maximum Gasteiger partial charge on any atom is 0.109 e. The number of rotatable bonds is 4. The van der Waals surface area contributed by atoms with Crippen molar-refractivity contribution in [2.75, 3.05) is 0 Å². The zero-order valence-electron chi connectivity index (χ0n) is 28.3. The van der Waals surface area contributed by atoms with Crippen LogP contribution in [-0.4, -0.2) is 4.57 Å². The Labute approximate surface area is 305 Å². The van der Waals surface area contributed by atoms with E-state index < -0.39 is 0 Å². The van der Waals surface area contributed by atoms with E-state index in [2.05, 4.69) is 193 Å². The van der Waals surface area contributed by atoms with Crippen molar-refractivity contribution in [2.45, 2.75) is 0 Å². The third-order valence-electron chi connectivity index (χ3n) is 10.8. The molecule has 9 aromatic carbocycles. The minimum atomic E-state index is 1.19. The van der Waals surface area contributed by atoms with E-state index in [1.165, 1.54) is 103 Å². The number of para-hydroxylation sites is 1. The quantitative estimate of drug-likeness (QED) is 0.163. The van der Waals surface area contributed by atoms with Gasteiger partial charge in [-0.15, -0.1) is 11.3 Å². The van der Waals surface area contributed by atoms with Crippen LogP contribution in [0.2, 0.25) is 0 Å². The Hall–Kier alpha value is -6.48. The smallest absolute Gasteiger partial charge is 0.109 e. The fourth-order valence-electron chi connectivity index (χ4n) is 8.55. The first kappa shape index (κ1) is 29.3. The van der Waals surface area contributed by atoms with Crippen LogP contribution in [0.4, 0.5) is 0 Å². The Balaban J connectivity index is 1.18. The summed E-state index contributed by atoms with van der Waals surface area (Å²) in [4.78, 5) is 1.29. The highest BCUT2D eigenvalue weighted by Crippen LogP contribution is 2.47. The van der Waals surface area contributed by atoms with Crippen molar-refractivity contribution in [2.24, 2.45) is 0 Å². The molecule has 242 valence electrons. The third kappa shape index (κ3) is 4.35. The molecule has 2 aromatic heterocycles. The lowest BCUT2D eigenvalue weighted by molar-refractivity contribution is 1.19. The Morgan fingerprint density at radius 1 is 0.365 bits per heavy atom. The largest absolute Gasteiger partial charge is 0.301 e. The average molecular weight is 678 g/mol. The van der Waals surface area contributed by atoms with E-state index in [4.69, 9.17) is 0 Å². The Morgan fingerprint density at radius 2 is 0.923 bits per heavy atom. The molecule has 1 nitrogen and oxygen atoms in total. The lowest BCUT2D eigenvalue weighted by atomic mass is 9.85. The first-order chi connectivity index (χ1) is 25.8. The number of nitrogens with zero attached hydrogens (tertiary/aromatic N) is 1. The van der Waals surface area contributed by atoms with Crippen molar-refractivity contribution in [3.8, 4) is 39.1 Å².